The van der Waals surface area contributed by atoms with Gasteiger partial charge in [-0.25, -0.2) is 4.98 Å². The van der Waals surface area contributed by atoms with Crippen molar-refractivity contribution < 1.29 is 19.1 Å². The second kappa shape index (κ2) is 8.94. The third kappa shape index (κ3) is 4.39. The number of nitrogens with zero attached hydrogens (tertiary/aromatic N) is 2. The third-order valence-corrected chi connectivity index (χ3v) is 6.24. The number of aliphatic carboxylic acids is 1. The fourth-order valence-corrected chi connectivity index (χ4v) is 4.63. The van der Waals surface area contributed by atoms with Gasteiger partial charge < -0.3 is 19.4 Å². The Morgan fingerprint density at radius 1 is 1.06 bits per heavy atom. The highest BCUT2D eigenvalue weighted by atomic mass is 16.4. The maximum absolute atomic E-state index is 12.9. The number of carbonyl (C=O) groups is 2. The Balaban J connectivity index is 1.44. The molecule has 33 heavy (non-hydrogen) atoms. The summed E-state index contributed by atoms with van der Waals surface area (Å²) >= 11 is 0. The van der Waals surface area contributed by atoms with E-state index in [-0.39, 0.29) is 12.3 Å². The van der Waals surface area contributed by atoms with Crippen LogP contribution in [0.4, 0.5) is 5.69 Å². The highest BCUT2D eigenvalue weighted by Crippen LogP contribution is 2.36. The number of carboxylic acids is 1. The number of carbonyl (C=O) groups excluding carboxylic acids is 1. The van der Waals surface area contributed by atoms with E-state index >= 15 is 0 Å². The summed E-state index contributed by atoms with van der Waals surface area (Å²) in [7, 11) is 0. The molecule has 2 heterocycles. The second-order valence-corrected chi connectivity index (χ2v) is 8.53. The summed E-state index contributed by atoms with van der Waals surface area (Å²) < 4.78 is 7.62. The van der Waals surface area contributed by atoms with Crippen LogP contribution in [0.5, 0.6) is 0 Å². The molecule has 1 aliphatic carbocycles. The number of amides is 1. The molecule has 7 nitrogen and oxygen atoms in total. The van der Waals surface area contributed by atoms with Gasteiger partial charge in [0.25, 0.3) is 5.91 Å². The van der Waals surface area contributed by atoms with Crippen molar-refractivity contribution in [3.05, 3.63) is 72.2 Å². The lowest BCUT2D eigenvalue weighted by molar-refractivity contribution is -0.136. The highest BCUT2D eigenvalue weighted by molar-refractivity contribution is 6.06. The number of carboxylic acid groups (broad SMARTS) is 1. The number of fused-ring (bicyclic) bond motifs is 1. The van der Waals surface area contributed by atoms with E-state index in [4.69, 9.17) is 14.5 Å². The number of imidazole rings is 1. The molecule has 0 atom stereocenters. The smallest absolute Gasteiger partial charge is 0.307 e. The quantitative estimate of drug-likeness (QED) is 0.399. The van der Waals surface area contributed by atoms with E-state index in [9.17, 15) is 9.59 Å². The molecule has 0 saturated heterocycles. The summed E-state index contributed by atoms with van der Waals surface area (Å²) in [6, 6.07) is 14.8. The van der Waals surface area contributed by atoms with E-state index < -0.39 is 5.97 Å². The van der Waals surface area contributed by atoms with Crippen molar-refractivity contribution in [2.45, 2.75) is 44.6 Å². The molecule has 2 aromatic heterocycles. The van der Waals surface area contributed by atoms with Crippen LogP contribution in [0.2, 0.25) is 0 Å². The number of hydrogen-bond acceptors (Lipinski definition) is 4. The molecular weight excluding hydrogens is 418 g/mol. The minimum absolute atomic E-state index is 0.0481. The lowest BCUT2D eigenvalue weighted by Gasteiger charge is -2.25. The molecule has 7 heteroatoms. The van der Waals surface area contributed by atoms with Gasteiger partial charge >= 0.3 is 5.97 Å². The predicted molar refractivity (Wildman–Crippen MR) is 125 cm³/mol. The largest absolute Gasteiger partial charge is 0.481 e. The molecule has 1 saturated carbocycles. The molecule has 0 radical (unpaired) electrons. The molecule has 2 N–H and O–H groups in total. The van der Waals surface area contributed by atoms with Gasteiger partial charge in [-0.3, -0.25) is 9.59 Å². The topological polar surface area (TPSA) is 97.4 Å². The van der Waals surface area contributed by atoms with Gasteiger partial charge in [0, 0.05) is 17.3 Å². The van der Waals surface area contributed by atoms with Crippen molar-refractivity contribution >= 4 is 28.6 Å². The summed E-state index contributed by atoms with van der Waals surface area (Å²) in [6.07, 6.45) is 9.25. The Labute approximate surface area is 191 Å². The number of hydrogen-bond donors (Lipinski definition) is 2. The van der Waals surface area contributed by atoms with Crippen molar-refractivity contribution in [3.8, 4) is 11.4 Å². The summed E-state index contributed by atoms with van der Waals surface area (Å²) in [5, 5.41) is 11.8. The van der Waals surface area contributed by atoms with Crippen LogP contribution >= 0.6 is 0 Å². The Hall–Kier alpha value is -3.87. The number of anilines is 1. The zero-order valence-electron chi connectivity index (χ0n) is 18.2. The molecule has 1 amide bonds. The Kier molecular flexibility index (Phi) is 5.69. The van der Waals surface area contributed by atoms with Crippen molar-refractivity contribution in [1.29, 1.82) is 0 Å². The Morgan fingerprint density at radius 2 is 1.85 bits per heavy atom. The van der Waals surface area contributed by atoms with Crippen LogP contribution in [0.3, 0.4) is 0 Å². The number of furan rings is 1. The van der Waals surface area contributed by atoms with E-state index in [0.717, 1.165) is 35.3 Å². The summed E-state index contributed by atoms with van der Waals surface area (Å²) in [5.41, 5.74) is 4.55. The maximum atomic E-state index is 12.9. The fourth-order valence-electron chi connectivity index (χ4n) is 4.63. The Morgan fingerprint density at radius 3 is 2.55 bits per heavy atom. The van der Waals surface area contributed by atoms with Crippen LogP contribution in [0.15, 0.2) is 65.5 Å². The van der Waals surface area contributed by atoms with Crippen LogP contribution in [0.1, 0.15) is 54.1 Å². The fraction of sp³-hybridized carbons (Fsp3) is 0.269. The molecule has 1 fully saturated rings. The number of rotatable bonds is 6. The van der Waals surface area contributed by atoms with E-state index in [0.29, 0.717) is 22.9 Å². The number of benzene rings is 2. The highest BCUT2D eigenvalue weighted by Gasteiger charge is 2.23. The first kappa shape index (κ1) is 21.0. The molecule has 5 rings (SSSR count). The first-order valence-corrected chi connectivity index (χ1v) is 11.2. The van der Waals surface area contributed by atoms with Crippen molar-refractivity contribution in [2.75, 3.05) is 5.32 Å². The van der Waals surface area contributed by atoms with Crippen LogP contribution in [0.25, 0.3) is 22.4 Å². The first-order chi connectivity index (χ1) is 16.1. The van der Waals surface area contributed by atoms with Crippen molar-refractivity contribution in [3.63, 3.8) is 0 Å². The maximum Gasteiger partial charge on any atom is 0.307 e. The van der Waals surface area contributed by atoms with E-state index in [1.807, 2.05) is 24.3 Å². The van der Waals surface area contributed by atoms with Crippen LogP contribution in [0, 0.1) is 0 Å². The zero-order valence-corrected chi connectivity index (χ0v) is 18.2. The molecule has 1 aliphatic rings. The average Bonchev–Trinajstić information content (AvgIpc) is 3.48. The molecule has 4 aromatic rings. The summed E-state index contributed by atoms with van der Waals surface area (Å²) in [5.74, 6) is -0.250. The lowest BCUT2D eigenvalue weighted by Crippen LogP contribution is -2.14. The molecular formula is C26H25N3O4. The van der Waals surface area contributed by atoms with Gasteiger partial charge in [-0.2, -0.15) is 0 Å². The van der Waals surface area contributed by atoms with Gasteiger partial charge in [-0.15, -0.1) is 0 Å². The van der Waals surface area contributed by atoms with Crippen molar-refractivity contribution in [1.82, 2.24) is 9.55 Å². The summed E-state index contributed by atoms with van der Waals surface area (Å²) in [4.78, 5) is 28.6. The van der Waals surface area contributed by atoms with Crippen LogP contribution in [-0.4, -0.2) is 26.5 Å². The zero-order chi connectivity index (χ0) is 22.8. The molecule has 0 spiro atoms. The monoisotopic (exact) mass is 443 g/mol. The standard InChI is InChI=1S/C26H25N3O4/c30-24(31)14-17-6-9-20(10-7-17)27-26(32)18-8-11-23-22(15-18)28-25(19-12-13-33-16-19)29(23)21-4-2-1-3-5-21/h6-13,15-16,21H,1-5,14H2,(H,27,32)(H,30,31). The van der Waals surface area contributed by atoms with Crippen LogP contribution in [-0.2, 0) is 11.2 Å². The number of aromatic nitrogens is 2. The van der Waals surface area contributed by atoms with Gasteiger partial charge in [-0.1, -0.05) is 31.4 Å². The van der Waals surface area contributed by atoms with E-state index in [2.05, 4.69) is 9.88 Å². The normalized spacial score (nSPS) is 14.4. The van der Waals surface area contributed by atoms with E-state index in [1.54, 1.807) is 36.8 Å². The molecule has 0 bridgehead atoms. The number of nitrogens with one attached hydrogen (secondary N) is 1. The summed E-state index contributed by atoms with van der Waals surface area (Å²) in [6.45, 7) is 0. The SMILES string of the molecule is O=C(O)Cc1ccc(NC(=O)c2ccc3c(c2)nc(-c2ccoc2)n3C2CCCCC2)cc1. The van der Waals surface area contributed by atoms with Gasteiger partial charge in [-0.05, 0) is 54.8 Å². The Bertz CT molecular complexity index is 1280. The van der Waals surface area contributed by atoms with E-state index in [1.165, 1.54) is 19.3 Å². The second-order valence-electron chi connectivity index (χ2n) is 8.53. The molecule has 168 valence electrons. The third-order valence-electron chi connectivity index (χ3n) is 6.24. The minimum atomic E-state index is -0.887. The first-order valence-electron chi connectivity index (χ1n) is 11.2. The van der Waals surface area contributed by atoms with Gasteiger partial charge in [0.2, 0.25) is 0 Å². The van der Waals surface area contributed by atoms with Gasteiger partial charge in [0.15, 0.2) is 0 Å². The molecule has 2 aromatic carbocycles. The average molecular weight is 444 g/mol. The minimum Gasteiger partial charge on any atom is -0.481 e. The van der Waals surface area contributed by atoms with Crippen LogP contribution < -0.4 is 5.32 Å². The van der Waals surface area contributed by atoms with Gasteiger partial charge in [0.05, 0.1) is 29.3 Å². The lowest BCUT2D eigenvalue weighted by atomic mass is 9.95. The predicted octanol–water partition coefficient (Wildman–Crippen LogP) is 5.68. The van der Waals surface area contributed by atoms with Gasteiger partial charge in [0.1, 0.15) is 12.1 Å². The molecule has 0 aliphatic heterocycles. The van der Waals surface area contributed by atoms with Crippen molar-refractivity contribution in [2.24, 2.45) is 0 Å². The molecule has 0 unspecified atom stereocenters.